The molecule has 0 atom stereocenters. The van der Waals surface area contributed by atoms with Crippen molar-refractivity contribution in [3.8, 4) is 17.0 Å². The average Bonchev–Trinajstić information content (AvgIpc) is 2.33. The van der Waals surface area contributed by atoms with E-state index in [1.54, 1.807) is 0 Å². The smallest absolute Gasteiger partial charge is 0.146 e. The highest BCUT2D eigenvalue weighted by atomic mass is 35.5. The Labute approximate surface area is 111 Å². The van der Waals surface area contributed by atoms with E-state index >= 15 is 0 Å². The fourth-order valence-electron chi connectivity index (χ4n) is 1.55. The molecular weight excluding hydrogens is 250 g/mol. The quantitative estimate of drug-likeness (QED) is 0.924. The second-order valence-electron chi connectivity index (χ2n) is 4.11. The number of ether oxygens (including phenoxy) is 1. The van der Waals surface area contributed by atoms with Gasteiger partial charge in [0, 0.05) is 5.56 Å². The van der Waals surface area contributed by atoms with Crippen molar-refractivity contribution in [3.05, 3.63) is 35.6 Å². The monoisotopic (exact) mass is 263 g/mol. The number of benzene rings is 1. The zero-order valence-electron chi connectivity index (χ0n) is 10.2. The molecular formula is C13H14ClN3O. The molecule has 18 heavy (non-hydrogen) atoms. The first-order valence-electron chi connectivity index (χ1n) is 5.61. The van der Waals surface area contributed by atoms with Crippen molar-refractivity contribution < 1.29 is 4.74 Å². The molecule has 0 amide bonds. The van der Waals surface area contributed by atoms with Crippen LogP contribution in [0, 0.1) is 0 Å². The van der Waals surface area contributed by atoms with Gasteiger partial charge in [0.1, 0.15) is 22.9 Å². The predicted octanol–water partition coefficient (Wildman–Crippen LogP) is 3.17. The van der Waals surface area contributed by atoms with E-state index in [0.29, 0.717) is 10.7 Å². The minimum atomic E-state index is 0.147. The fraction of sp³-hybridized carbons (Fsp3) is 0.231. The summed E-state index contributed by atoms with van der Waals surface area (Å²) in [6.07, 6.45) is 1.55. The lowest BCUT2D eigenvalue weighted by atomic mass is 10.1. The average molecular weight is 264 g/mol. The second-order valence-corrected chi connectivity index (χ2v) is 4.49. The molecule has 0 bridgehead atoms. The third-order valence-corrected chi connectivity index (χ3v) is 2.69. The molecule has 2 N–H and O–H groups in total. The van der Waals surface area contributed by atoms with E-state index in [1.807, 2.05) is 38.1 Å². The predicted molar refractivity (Wildman–Crippen MR) is 72.7 cm³/mol. The Morgan fingerprint density at radius 2 is 1.83 bits per heavy atom. The van der Waals surface area contributed by atoms with Crippen LogP contribution in [-0.4, -0.2) is 16.1 Å². The number of anilines is 1. The Morgan fingerprint density at radius 1 is 1.17 bits per heavy atom. The minimum absolute atomic E-state index is 0.147. The van der Waals surface area contributed by atoms with Crippen LogP contribution in [0.5, 0.6) is 5.75 Å². The van der Waals surface area contributed by atoms with Crippen LogP contribution in [0.25, 0.3) is 11.3 Å². The van der Waals surface area contributed by atoms with Crippen LogP contribution in [0.4, 0.5) is 5.82 Å². The van der Waals surface area contributed by atoms with Crippen molar-refractivity contribution >= 4 is 17.4 Å². The van der Waals surface area contributed by atoms with Gasteiger partial charge in [0.05, 0.1) is 11.8 Å². The van der Waals surface area contributed by atoms with Crippen LogP contribution in [0.15, 0.2) is 30.6 Å². The highest BCUT2D eigenvalue weighted by Gasteiger charge is 2.09. The van der Waals surface area contributed by atoms with Gasteiger partial charge in [-0.05, 0) is 38.1 Å². The van der Waals surface area contributed by atoms with E-state index in [4.69, 9.17) is 22.1 Å². The topological polar surface area (TPSA) is 61.0 Å². The van der Waals surface area contributed by atoms with Gasteiger partial charge in [-0.1, -0.05) is 11.6 Å². The molecule has 1 aromatic carbocycles. The minimum Gasteiger partial charge on any atom is -0.491 e. The zero-order chi connectivity index (χ0) is 13.1. The summed E-state index contributed by atoms with van der Waals surface area (Å²) in [5.74, 6) is 1.09. The maximum Gasteiger partial charge on any atom is 0.146 e. The Hall–Kier alpha value is -1.81. The Morgan fingerprint density at radius 3 is 2.44 bits per heavy atom. The molecule has 94 valence electrons. The summed E-state index contributed by atoms with van der Waals surface area (Å²) in [6, 6.07) is 7.55. The molecule has 5 heteroatoms. The van der Waals surface area contributed by atoms with E-state index in [-0.39, 0.29) is 11.9 Å². The molecule has 1 aromatic heterocycles. The Balaban J connectivity index is 2.32. The molecule has 0 unspecified atom stereocenters. The van der Waals surface area contributed by atoms with E-state index < -0.39 is 0 Å². The van der Waals surface area contributed by atoms with Gasteiger partial charge in [-0.3, -0.25) is 0 Å². The van der Waals surface area contributed by atoms with Gasteiger partial charge in [0.2, 0.25) is 0 Å². The summed E-state index contributed by atoms with van der Waals surface area (Å²) in [4.78, 5) is 7.97. The lowest BCUT2D eigenvalue weighted by Gasteiger charge is -2.10. The highest BCUT2D eigenvalue weighted by molar-refractivity contribution is 6.35. The maximum absolute atomic E-state index is 6.07. The van der Waals surface area contributed by atoms with Crippen LogP contribution < -0.4 is 10.5 Å². The second kappa shape index (κ2) is 5.23. The molecule has 0 saturated heterocycles. The van der Waals surface area contributed by atoms with Crippen molar-refractivity contribution in [3.63, 3.8) is 0 Å². The largest absolute Gasteiger partial charge is 0.491 e. The Kier molecular flexibility index (Phi) is 3.67. The van der Waals surface area contributed by atoms with Crippen molar-refractivity contribution in [2.24, 2.45) is 0 Å². The standard InChI is InChI=1S/C13H14ClN3O/c1-8(2)18-10-5-3-9(4-6-10)12-11(14)13(15)17-7-16-12/h3-8H,1-2H3,(H2,15,16,17). The van der Waals surface area contributed by atoms with Crippen LogP contribution in [0.1, 0.15) is 13.8 Å². The summed E-state index contributed by atoms with van der Waals surface area (Å²) in [6.45, 7) is 3.96. The molecule has 0 spiro atoms. The summed E-state index contributed by atoms with van der Waals surface area (Å²) in [5, 5.41) is 0.370. The first-order valence-corrected chi connectivity index (χ1v) is 5.99. The summed E-state index contributed by atoms with van der Waals surface area (Å²) in [5.41, 5.74) is 7.15. The number of nitrogens with zero attached hydrogens (tertiary/aromatic N) is 2. The number of hydrogen-bond acceptors (Lipinski definition) is 4. The zero-order valence-corrected chi connectivity index (χ0v) is 11.0. The van der Waals surface area contributed by atoms with E-state index in [9.17, 15) is 0 Å². The molecule has 0 saturated carbocycles. The molecule has 1 heterocycles. The van der Waals surface area contributed by atoms with Crippen molar-refractivity contribution in [2.45, 2.75) is 20.0 Å². The summed E-state index contributed by atoms with van der Waals surface area (Å²) >= 11 is 6.07. The van der Waals surface area contributed by atoms with E-state index in [0.717, 1.165) is 11.3 Å². The van der Waals surface area contributed by atoms with Crippen LogP contribution >= 0.6 is 11.6 Å². The van der Waals surface area contributed by atoms with Crippen LogP contribution in [0.3, 0.4) is 0 Å². The molecule has 2 aromatic rings. The normalized spacial score (nSPS) is 10.7. The number of aromatic nitrogens is 2. The van der Waals surface area contributed by atoms with E-state index in [2.05, 4.69) is 9.97 Å². The van der Waals surface area contributed by atoms with Gasteiger partial charge in [-0.2, -0.15) is 0 Å². The van der Waals surface area contributed by atoms with Gasteiger partial charge in [0.25, 0.3) is 0 Å². The number of hydrogen-bond donors (Lipinski definition) is 1. The van der Waals surface area contributed by atoms with Gasteiger partial charge in [-0.15, -0.1) is 0 Å². The summed E-state index contributed by atoms with van der Waals surface area (Å²) in [7, 11) is 0. The maximum atomic E-state index is 6.07. The molecule has 4 nitrogen and oxygen atoms in total. The number of nitrogens with two attached hydrogens (primary N) is 1. The molecule has 0 aliphatic carbocycles. The number of nitrogen functional groups attached to an aromatic ring is 1. The van der Waals surface area contributed by atoms with E-state index in [1.165, 1.54) is 6.33 Å². The molecule has 0 fully saturated rings. The van der Waals surface area contributed by atoms with Crippen molar-refractivity contribution in [1.29, 1.82) is 0 Å². The lowest BCUT2D eigenvalue weighted by molar-refractivity contribution is 0.242. The number of halogens is 1. The van der Waals surface area contributed by atoms with Gasteiger partial charge < -0.3 is 10.5 Å². The SMILES string of the molecule is CC(C)Oc1ccc(-c2ncnc(N)c2Cl)cc1. The third-order valence-electron chi connectivity index (χ3n) is 2.32. The van der Waals surface area contributed by atoms with Gasteiger partial charge >= 0.3 is 0 Å². The van der Waals surface area contributed by atoms with Crippen LogP contribution in [0.2, 0.25) is 5.02 Å². The van der Waals surface area contributed by atoms with Gasteiger partial charge in [0.15, 0.2) is 0 Å². The van der Waals surface area contributed by atoms with Crippen molar-refractivity contribution in [1.82, 2.24) is 9.97 Å². The first kappa shape index (κ1) is 12.6. The summed E-state index contributed by atoms with van der Waals surface area (Å²) < 4.78 is 5.57. The molecule has 0 radical (unpaired) electrons. The molecule has 2 rings (SSSR count). The number of rotatable bonds is 3. The highest BCUT2D eigenvalue weighted by Crippen LogP contribution is 2.29. The third kappa shape index (κ3) is 2.71. The lowest BCUT2D eigenvalue weighted by Crippen LogP contribution is -2.05. The molecule has 0 aliphatic heterocycles. The first-order chi connectivity index (χ1) is 8.58. The van der Waals surface area contributed by atoms with Gasteiger partial charge in [-0.25, -0.2) is 9.97 Å². The molecule has 0 aliphatic rings. The van der Waals surface area contributed by atoms with Crippen molar-refractivity contribution in [2.75, 3.05) is 5.73 Å². The Bertz CT molecular complexity index is 540. The fourth-order valence-corrected chi connectivity index (χ4v) is 1.75. The van der Waals surface area contributed by atoms with Crippen LogP contribution in [-0.2, 0) is 0 Å².